The Morgan fingerprint density at radius 2 is 1.32 bits per heavy atom. The van der Waals surface area contributed by atoms with E-state index in [0.29, 0.717) is 95.2 Å². The van der Waals surface area contributed by atoms with Gasteiger partial charge in [-0.15, -0.1) is 0 Å². The number of benzene rings is 2. The highest BCUT2D eigenvalue weighted by molar-refractivity contribution is 7.86. The third-order valence-electron chi connectivity index (χ3n) is 11.5. The molecule has 17 nitrogen and oxygen atoms in total. The van der Waals surface area contributed by atoms with E-state index in [-0.39, 0.29) is 35.7 Å². The van der Waals surface area contributed by atoms with Crippen molar-refractivity contribution in [3.8, 4) is 0 Å². The molecule has 0 amide bonds. The highest BCUT2D eigenvalue weighted by Gasteiger charge is 2.48. The molecule has 0 radical (unpaired) electrons. The molecule has 2 heterocycles. The number of nitrogens with zero attached hydrogens (tertiary/aromatic N) is 2. The molecule has 4 rings (SSSR count). The van der Waals surface area contributed by atoms with E-state index in [1.54, 1.807) is 37.5 Å². The monoisotopic (exact) mass is 966 g/mol. The van der Waals surface area contributed by atoms with Gasteiger partial charge < -0.3 is 33.5 Å². The Labute approximate surface area is 383 Å². The van der Waals surface area contributed by atoms with Gasteiger partial charge in [-0.05, 0) is 94.8 Å². The summed E-state index contributed by atoms with van der Waals surface area (Å²) in [6.45, 7) is 9.44. The van der Waals surface area contributed by atoms with Crippen LogP contribution in [0.4, 0.5) is 11.4 Å². The van der Waals surface area contributed by atoms with E-state index >= 15 is 0 Å². The number of ether oxygens (including phenoxy) is 4. The standard InChI is InChI=1S/C45H62N2O15S3/c1-5-46-39-20-18-35(64(53,54)55)33-37(39)44(2,22-14-32-63(50,51)52)41(46)15-10-7-6-8-11-16-42-45(3,23-25-60-28-29-62-31-30-61-27-26-59-4)38-34-36(65(56,57)58)19-21-40(38)47(42)24-13-9-12-17-43(48)49/h6-8,10-11,15-16,18-21,33-34H,5,9,12-14,17,22-32H2,1-4H3,(H3-,48,49,50,51,52,53,54,55,56,57,58). The maximum Gasteiger partial charge on any atom is 0.303 e. The number of carbonyl (C=O) groups is 1. The molecule has 20 heteroatoms. The van der Waals surface area contributed by atoms with Gasteiger partial charge >= 0.3 is 5.97 Å². The van der Waals surface area contributed by atoms with Gasteiger partial charge in [0.15, 0.2) is 5.71 Å². The SMILES string of the molecule is CCN1/C(=C/C=C/C=C/C=C/C2=[N+](CCCCCC(=O)O)c3ccc(S(=O)(=O)O)cc3C2(C)CCOCCOCCOCCOC)C(C)(CCCS(=O)(=O)[O-])c2cc(S(=O)(=O)O)ccc21. The molecule has 2 atom stereocenters. The number of carboxylic acids is 1. The van der Waals surface area contributed by atoms with Gasteiger partial charge in [-0.3, -0.25) is 13.9 Å². The molecule has 2 unspecified atom stereocenters. The van der Waals surface area contributed by atoms with Crippen molar-refractivity contribution in [3.63, 3.8) is 0 Å². The van der Waals surface area contributed by atoms with Crippen molar-refractivity contribution in [2.75, 3.05) is 77.1 Å². The number of fused-ring (bicyclic) bond motifs is 2. The molecule has 2 aromatic rings. The number of hydrogen-bond donors (Lipinski definition) is 3. The summed E-state index contributed by atoms with van der Waals surface area (Å²) in [4.78, 5) is 12.6. The van der Waals surface area contributed by atoms with Crippen molar-refractivity contribution >= 4 is 53.4 Å². The molecule has 2 aromatic carbocycles. The summed E-state index contributed by atoms with van der Waals surface area (Å²) in [7, 11) is -12.0. The van der Waals surface area contributed by atoms with Gasteiger partial charge in [0, 0.05) is 73.4 Å². The van der Waals surface area contributed by atoms with Crippen LogP contribution in [0, 0.1) is 0 Å². The molecule has 65 heavy (non-hydrogen) atoms. The van der Waals surface area contributed by atoms with E-state index in [2.05, 4.69) is 4.58 Å². The quantitative estimate of drug-likeness (QED) is 0.0369. The lowest BCUT2D eigenvalue weighted by Gasteiger charge is -2.30. The Kier molecular flexibility index (Phi) is 19.8. The van der Waals surface area contributed by atoms with Crippen molar-refractivity contribution < 1.29 is 72.3 Å². The van der Waals surface area contributed by atoms with Crippen molar-refractivity contribution in [3.05, 3.63) is 95.8 Å². The minimum absolute atomic E-state index is 0.0195. The van der Waals surface area contributed by atoms with Crippen LogP contribution in [0.15, 0.2) is 94.4 Å². The summed E-state index contributed by atoms with van der Waals surface area (Å²) in [5.74, 6) is -1.47. The van der Waals surface area contributed by atoms with Gasteiger partial charge in [0.25, 0.3) is 20.2 Å². The molecule has 0 aliphatic carbocycles. The largest absolute Gasteiger partial charge is 0.748 e. The number of hydrogen-bond acceptors (Lipinski definition) is 13. The van der Waals surface area contributed by atoms with Gasteiger partial charge in [0.1, 0.15) is 6.54 Å². The van der Waals surface area contributed by atoms with Crippen LogP contribution in [0.1, 0.15) is 76.8 Å². The van der Waals surface area contributed by atoms with E-state index in [1.807, 2.05) is 50.0 Å². The number of likely N-dealkylation sites (N-methyl/N-ethyl adjacent to an activating group) is 1. The summed E-state index contributed by atoms with van der Waals surface area (Å²) in [5.41, 5.74) is 2.57. The van der Waals surface area contributed by atoms with Gasteiger partial charge in [0.05, 0.1) is 65.0 Å². The molecule has 2 aliphatic rings. The second-order valence-electron chi connectivity index (χ2n) is 16.1. The summed E-state index contributed by atoms with van der Waals surface area (Å²) in [6.07, 6.45) is 15.3. The number of allylic oxidation sites excluding steroid dienone is 8. The first-order chi connectivity index (χ1) is 30.7. The Bertz CT molecular complexity index is 2460. The lowest BCUT2D eigenvalue weighted by molar-refractivity contribution is -0.438. The van der Waals surface area contributed by atoms with Crippen LogP contribution >= 0.6 is 0 Å². The third kappa shape index (κ3) is 15.0. The molecule has 3 N–H and O–H groups in total. The minimum atomic E-state index is -4.54. The van der Waals surface area contributed by atoms with Crippen LogP contribution in [0.2, 0.25) is 0 Å². The topological polar surface area (TPSA) is 246 Å². The number of aliphatic carboxylic acids is 1. The zero-order valence-corrected chi connectivity index (χ0v) is 39.8. The van der Waals surface area contributed by atoms with E-state index in [4.69, 9.17) is 24.1 Å². The fourth-order valence-corrected chi connectivity index (χ4v) is 9.78. The second kappa shape index (κ2) is 24.1. The maximum atomic E-state index is 12.3. The number of anilines is 1. The molecule has 0 spiro atoms. The van der Waals surface area contributed by atoms with Crippen molar-refractivity contribution in [1.82, 2.24) is 0 Å². The summed E-state index contributed by atoms with van der Waals surface area (Å²) in [6, 6.07) is 8.80. The lowest BCUT2D eigenvalue weighted by atomic mass is 9.76. The minimum Gasteiger partial charge on any atom is -0.748 e. The fourth-order valence-electron chi connectivity index (χ4n) is 8.26. The number of rotatable bonds is 29. The Balaban J connectivity index is 1.62. The first kappa shape index (κ1) is 53.5. The van der Waals surface area contributed by atoms with Crippen LogP contribution in [0.3, 0.4) is 0 Å². The van der Waals surface area contributed by atoms with Gasteiger partial charge in [-0.2, -0.15) is 21.4 Å². The Morgan fingerprint density at radius 3 is 1.92 bits per heavy atom. The highest BCUT2D eigenvalue weighted by atomic mass is 32.2. The number of unbranched alkanes of at least 4 members (excludes halogenated alkanes) is 2. The van der Waals surface area contributed by atoms with E-state index in [1.165, 1.54) is 24.3 Å². The highest BCUT2D eigenvalue weighted by Crippen LogP contribution is 2.51. The van der Waals surface area contributed by atoms with Gasteiger partial charge in [-0.1, -0.05) is 30.4 Å². The van der Waals surface area contributed by atoms with Gasteiger partial charge in [-0.25, -0.2) is 8.42 Å². The smallest absolute Gasteiger partial charge is 0.303 e. The summed E-state index contributed by atoms with van der Waals surface area (Å²) < 4.78 is 127. The maximum absolute atomic E-state index is 12.3. The number of carboxylic acid groups (broad SMARTS) is 1. The average Bonchev–Trinajstić information content (AvgIpc) is 3.60. The third-order valence-corrected chi connectivity index (χ3v) is 14.0. The molecule has 0 fully saturated rings. The predicted octanol–water partition coefficient (Wildman–Crippen LogP) is 5.94. The van der Waals surface area contributed by atoms with Crippen molar-refractivity contribution in [2.45, 2.75) is 86.3 Å². The van der Waals surface area contributed by atoms with Crippen LogP contribution in [0.25, 0.3) is 0 Å². The molecule has 0 saturated heterocycles. The molecule has 2 aliphatic heterocycles. The van der Waals surface area contributed by atoms with Crippen LogP contribution in [-0.4, -0.2) is 132 Å². The first-order valence-electron chi connectivity index (χ1n) is 21.4. The molecule has 0 bridgehead atoms. The lowest BCUT2D eigenvalue weighted by Crippen LogP contribution is -2.33. The van der Waals surface area contributed by atoms with E-state index in [0.717, 1.165) is 17.1 Å². The average molecular weight is 967 g/mol. The summed E-state index contributed by atoms with van der Waals surface area (Å²) in [5, 5.41) is 9.17. The predicted molar refractivity (Wildman–Crippen MR) is 244 cm³/mol. The first-order valence-corrected chi connectivity index (χ1v) is 25.9. The van der Waals surface area contributed by atoms with E-state index in [9.17, 15) is 43.7 Å². The second-order valence-corrected chi connectivity index (χ2v) is 20.5. The number of methoxy groups -OCH3 is 1. The van der Waals surface area contributed by atoms with Crippen LogP contribution < -0.4 is 4.90 Å². The van der Waals surface area contributed by atoms with Crippen molar-refractivity contribution in [2.24, 2.45) is 0 Å². The molecular weight excluding hydrogens is 905 g/mol. The zero-order valence-electron chi connectivity index (χ0n) is 37.4. The zero-order chi connectivity index (χ0) is 47.9. The Hall–Kier alpha value is -4.09. The molecule has 0 saturated carbocycles. The van der Waals surface area contributed by atoms with E-state index < -0.39 is 52.9 Å². The molecular formula is C45H62N2O15S3. The van der Waals surface area contributed by atoms with Crippen LogP contribution in [-0.2, 0) is 64.9 Å². The Morgan fingerprint density at radius 1 is 0.738 bits per heavy atom. The molecule has 0 aromatic heterocycles. The molecule has 360 valence electrons. The van der Waals surface area contributed by atoms with Crippen molar-refractivity contribution in [1.29, 1.82) is 0 Å². The normalized spacial score (nSPS) is 19.7. The fraction of sp³-hybridized carbons (Fsp3) is 0.511. The van der Waals surface area contributed by atoms with Crippen LogP contribution in [0.5, 0.6) is 0 Å². The summed E-state index contributed by atoms with van der Waals surface area (Å²) >= 11 is 0. The van der Waals surface area contributed by atoms with Gasteiger partial charge in [0.2, 0.25) is 5.69 Å².